The Labute approximate surface area is 125 Å². The summed E-state index contributed by atoms with van der Waals surface area (Å²) in [5.74, 6) is 5.86. The number of aromatic nitrogens is 1. The smallest absolute Gasteiger partial charge is 0.0897 e. The fraction of sp³-hybridized carbons (Fsp3) is 0.786. The number of nitrogens with two attached hydrogens (primary N) is 1. The summed E-state index contributed by atoms with van der Waals surface area (Å²) in [6.45, 7) is 10.1. The van der Waals surface area contributed by atoms with Gasteiger partial charge < -0.3 is 4.74 Å². The molecule has 0 radical (unpaired) electrons. The van der Waals surface area contributed by atoms with Crippen LogP contribution < -0.4 is 11.3 Å². The molecule has 1 aliphatic rings. The molecule has 1 saturated heterocycles. The molecule has 1 aromatic heterocycles. The normalized spacial score (nSPS) is 21.6. The topological polar surface area (TPSA) is 63.4 Å². The van der Waals surface area contributed by atoms with Gasteiger partial charge in [-0.15, -0.1) is 11.3 Å². The number of hydrogen-bond donors (Lipinski definition) is 2. The van der Waals surface area contributed by atoms with E-state index in [9.17, 15) is 0 Å². The lowest BCUT2D eigenvalue weighted by molar-refractivity contribution is -0.0323. The predicted octanol–water partition coefficient (Wildman–Crippen LogP) is 1.33. The third-order valence-electron chi connectivity index (χ3n) is 4.48. The van der Waals surface area contributed by atoms with E-state index in [1.165, 1.54) is 0 Å². The van der Waals surface area contributed by atoms with Crippen LogP contribution in [0.2, 0.25) is 0 Å². The van der Waals surface area contributed by atoms with Crippen LogP contribution in [0.4, 0.5) is 0 Å². The van der Waals surface area contributed by atoms with Gasteiger partial charge in [0.2, 0.25) is 0 Å². The van der Waals surface area contributed by atoms with Crippen molar-refractivity contribution in [3.63, 3.8) is 0 Å². The zero-order valence-corrected chi connectivity index (χ0v) is 13.5. The first-order valence-electron chi connectivity index (χ1n) is 7.30. The summed E-state index contributed by atoms with van der Waals surface area (Å²) in [4.78, 5) is 7.07. The number of thiazole rings is 1. The minimum absolute atomic E-state index is 0.0239. The summed E-state index contributed by atoms with van der Waals surface area (Å²) in [6.07, 6.45) is 1.91. The molecule has 20 heavy (non-hydrogen) atoms. The maximum absolute atomic E-state index is 5.86. The highest BCUT2D eigenvalue weighted by molar-refractivity contribution is 7.09. The molecule has 0 saturated carbocycles. The van der Waals surface area contributed by atoms with Crippen molar-refractivity contribution in [2.24, 2.45) is 5.84 Å². The lowest BCUT2D eigenvalue weighted by Crippen LogP contribution is -2.63. The lowest BCUT2D eigenvalue weighted by Gasteiger charge is -2.47. The number of hydrazine groups is 1. The molecule has 0 bridgehead atoms. The highest BCUT2D eigenvalue weighted by Crippen LogP contribution is 2.27. The average Bonchev–Trinajstić information content (AvgIpc) is 2.90. The van der Waals surface area contributed by atoms with Gasteiger partial charge in [0, 0.05) is 36.5 Å². The number of nitrogens with one attached hydrogen (secondary N) is 1. The van der Waals surface area contributed by atoms with Gasteiger partial charge in [-0.3, -0.25) is 16.2 Å². The first-order chi connectivity index (χ1) is 9.60. The number of morpholine rings is 1. The van der Waals surface area contributed by atoms with Crippen molar-refractivity contribution in [3.8, 4) is 0 Å². The van der Waals surface area contributed by atoms with Gasteiger partial charge in [0.05, 0.1) is 23.9 Å². The number of ether oxygens (including phenoxy) is 1. The molecular weight excluding hydrogens is 272 g/mol. The molecular formula is C14H26N4OS. The van der Waals surface area contributed by atoms with Crippen LogP contribution in [0.15, 0.2) is 5.38 Å². The van der Waals surface area contributed by atoms with E-state index in [1.807, 2.05) is 6.92 Å². The van der Waals surface area contributed by atoms with Crippen molar-refractivity contribution >= 4 is 11.3 Å². The van der Waals surface area contributed by atoms with Gasteiger partial charge in [0.15, 0.2) is 0 Å². The first kappa shape index (κ1) is 15.9. The molecule has 5 nitrogen and oxygen atoms in total. The van der Waals surface area contributed by atoms with Gasteiger partial charge in [0.25, 0.3) is 0 Å². The SMILES string of the molecule is CCC(C)(C(Cc1csc(C)n1)NN)N1CCOCC1. The largest absolute Gasteiger partial charge is 0.379 e. The van der Waals surface area contributed by atoms with Crippen LogP contribution in [0, 0.1) is 6.92 Å². The third-order valence-corrected chi connectivity index (χ3v) is 5.30. The fourth-order valence-corrected chi connectivity index (χ4v) is 3.56. The van der Waals surface area contributed by atoms with Gasteiger partial charge in [-0.2, -0.15) is 0 Å². The van der Waals surface area contributed by atoms with Crippen molar-refractivity contribution < 1.29 is 4.74 Å². The van der Waals surface area contributed by atoms with E-state index in [0.717, 1.165) is 49.8 Å². The molecule has 2 rings (SSSR count). The van der Waals surface area contributed by atoms with E-state index in [1.54, 1.807) is 11.3 Å². The first-order valence-corrected chi connectivity index (χ1v) is 8.18. The number of hydrogen-bond acceptors (Lipinski definition) is 6. The molecule has 114 valence electrons. The highest BCUT2D eigenvalue weighted by Gasteiger charge is 2.38. The Bertz CT molecular complexity index is 419. The molecule has 2 unspecified atom stereocenters. The highest BCUT2D eigenvalue weighted by atomic mass is 32.1. The van der Waals surface area contributed by atoms with Crippen LogP contribution in [0.3, 0.4) is 0 Å². The molecule has 6 heteroatoms. The zero-order valence-electron chi connectivity index (χ0n) is 12.7. The summed E-state index contributed by atoms with van der Waals surface area (Å²) in [6, 6.07) is 0.187. The summed E-state index contributed by atoms with van der Waals surface area (Å²) < 4.78 is 5.47. The predicted molar refractivity (Wildman–Crippen MR) is 82.8 cm³/mol. The van der Waals surface area contributed by atoms with Gasteiger partial charge >= 0.3 is 0 Å². The Morgan fingerprint density at radius 1 is 1.55 bits per heavy atom. The van der Waals surface area contributed by atoms with Crippen molar-refractivity contribution in [3.05, 3.63) is 16.1 Å². The molecule has 2 atom stereocenters. The van der Waals surface area contributed by atoms with E-state index in [-0.39, 0.29) is 11.6 Å². The minimum atomic E-state index is 0.0239. The Kier molecular flexibility index (Phi) is 5.51. The van der Waals surface area contributed by atoms with Gasteiger partial charge in [-0.25, -0.2) is 4.98 Å². The second kappa shape index (κ2) is 6.95. The maximum atomic E-state index is 5.86. The van der Waals surface area contributed by atoms with Crippen molar-refractivity contribution in [2.45, 2.75) is 45.2 Å². The number of nitrogens with zero attached hydrogens (tertiary/aromatic N) is 2. The summed E-state index contributed by atoms with van der Waals surface area (Å²) in [5, 5.41) is 3.25. The van der Waals surface area contributed by atoms with Crippen LogP contribution in [0.5, 0.6) is 0 Å². The lowest BCUT2D eigenvalue weighted by atomic mass is 9.84. The van der Waals surface area contributed by atoms with Gasteiger partial charge in [0.1, 0.15) is 0 Å². The van der Waals surface area contributed by atoms with Crippen LogP contribution in [0.1, 0.15) is 31.0 Å². The Balaban J connectivity index is 2.12. The van der Waals surface area contributed by atoms with Crippen LogP contribution in [-0.4, -0.2) is 47.8 Å². The molecule has 1 fully saturated rings. The zero-order chi connectivity index (χ0) is 14.6. The molecule has 0 amide bonds. The van der Waals surface area contributed by atoms with E-state index >= 15 is 0 Å². The Hall–Kier alpha value is -0.530. The van der Waals surface area contributed by atoms with Crippen molar-refractivity contribution in [1.29, 1.82) is 0 Å². The average molecular weight is 298 g/mol. The molecule has 1 aliphatic heterocycles. The monoisotopic (exact) mass is 298 g/mol. The molecule has 2 heterocycles. The molecule has 1 aromatic rings. The molecule has 0 spiro atoms. The second-order valence-electron chi connectivity index (χ2n) is 5.59. The Morgan fingerprint density at radius 3 is 2.75 bits per heavy atom. The summed E-state index contributed by atoms with van der Waals surface area (Å²) in [7, 11) is 0. The second-order valence-corrected chi connectivity index (χ2v) is 6.65. The van der Waals surface area contributed by atoms with Crippen molar-refractivity contribution in [1.82, 2.24) is 15.3 Å². The Morgan fingerprint density at radius 2 is 2.25 bits per heavy atom. The molecule has 3 N–H and O–H groups in total. The quantitative estimate of drug-likeness (QED) is 0.613. The minimum Gasteiger partial charge on any atom is -0.379 e. The summed E-state index contributed by atoms with van der Waals surface area (Å²) in [5.41, 5.74) is 4.18. The molecule has 0 aliphatic carbocycles. The van der Waals surface area contributed by atoms with Crippen LogP contribution in [0.25, 0.3) is 0 Å². The fourth-order valence-electron chi connectivity index (χ4n) is 2.93. The standard InChI is InChI=1S/C14H26N4OS/c1-4-14(3,18-5-7-19-8-6-18)13(17-15)9-12-10-20-11(2)16-12/h10,13,17H,4-9,15H2,1-3H3. The van der Waals surface area contributed by atoms with E-state index in [4.69, 9.17) is 10.6 Å². The van der Waals surface area contributed by atoms with E-state index < -0.39 is 0 Å². The maximum Gasteiger partial charge on any atom is 0.0897 e. The van der Waals surface area contributed by atoms with Crippen molar-refractivity contribution in [2.75, 3.05) is 26.3 Å². The van der Waals surface area contributed by atoms with Crippen LogP contribution >= 0.6 is 11.3 Å². The van der Waals surface area contributed by atoms with E-state index in [2.05, 4.69) is 34.5 Å². The third kappa shape index (κ3) is 3.38. The summed E-state index contributed by atoms with van der Waals surface area (Å²) >= 11 is 1.70. The van der Waals surface area contributed by atoms with Crippen LogP contribution in [-0.2, 0) is 11.2 Å². The number of aryl methyl sites for hydroxylation is 1. The number of rotatable bonds is 6. The van der Waals surface area contributed by atoms with Gasteiger partial charge in [-0.05, 0) is 20.3 Å². The van der Waals surface area contributed by atoms with Gasteiger partial charge in [-0.1, -0.05) is 6.92 Å². The molecule has 0 aromatic carbocycles. The van der Waals surface area contributed by atoms with E-state index in [0.29, 0.717) is 0 Å².